The van der Waals surface area contributed by atoms with Gasteiger partial charge in [0, 0.05) is 41.4 Å². The summed E-state index contributed by atoms with van der Waals surface area (Å²) in [7, 11) is 0. The lowest BCUT2D eigenvalue weighted by Crippen LogP contribution is -2.27. The van der Waals surface area contributed by atoms with Crippen LogP contribution < -0.4 is 5.32 Å². The van der Waals surface area contributed by atoms with Crippen molar-refractivity contribution in [2.24, 2.45) is 0 Å². The average Bonchev–Trinajstić information content (AvgIpc) is 3.06. The molecule has 1 amide bonds. The number of rotatable bonds is 4. The number of aromatic amines is 1. The standard InChI is InChI=1S/C14H13ClN4O/c15-11-1-2-12-10(7-11)8-13(18-12)14(20)17-4-6-19-5-3-16-9-19/h1-3,5,7-9,18H,4,6H2,(H,17,20). The monoisotopic (exact) mass is 288 g/mol. The highest BCUT2D eigenvalue weighted by Crippen LogP contribution is 2.19. The predicted octanol–water partition coefficient (Wildman–Crippen LogP) is 2.45. The molecule has 0 spiro atoms. The Labute approximate surface area is 120 Å². The lowest BCUT2D eigenvalue weighted by molar-refractivity contribution is 0.0948. The molecule has 0 aliphatic heterocycles. The molecule has 3 aromatic rings. The molecule has 20 heavy (non-hydrogen) atoms. The fraction of sp³-hybridized carbons (Fsp3) is 0.143. The zero-order valence-electron chi connectivity index (χ0n) is 10.6. The van der Waals surface area contributed by atoms with Gasteiger partial charge in [-0.3, -0.25) is 4.79 Å². The van der Waals surface area contributed by atoms with Crippen LogP contribution in [-0.4, -0.2) is 27.0 Å². The number of nitrogens with zero attached hydrogens (tertiary/aromatic N) is 2. The van der Waals surface area contributed by atoms with Gasteiger partial charge in [-0.25, -0.2) is 4.98 Å². The van der Waals surface area contributed by atoms with Gasteiger partial charge in [-0.15, -0.1) is 0 Å². The minimum Gasteiger partial charge on any atom is -0.351 e. The zero-order valence-corrected chi connectivity index (χ0v) is 11.4. The van der Waals surface area contributed by atoms with Crippen LogP contribution in [0.2, 0.25) is 5.02 Å². The zero-order chi connectivity index (χ0) is 13.9. The van der Waals surface area contributed by atoms with E-state index in [1.165, 1.54) is 0 Å². The fourth-order valence-electron chi connectivity index (χ4n) is 2.04. The SMILES string of the molecule is O=C(NCCn1ccnc1)c1cc2cc(Cl)ccc2[nH]1. The van der Waals surface area contributed by atoms with Gasteiger partial charge in [0.05, 0.1) is 6.33 Å². The van der Waals surface area contributed by atoms with E-state index in [9.17, 15) is 4.79 Å². The molecule has 2 heterocycles. The molecule has 0 fully saturated rings. The Kier molecular flexibility index (Phi) is 3.43. The van der Waals surface area contributed by atoms with Gasteiger partial charge in [0.15, 0.2) is 0 Å². The maximum absolute atomic E-state index is 12.0. The molecule has 1 aromatic carbocycles. The minimum absolute atomic E-state index is 0.127. The van der Waals surface area contributed by atoms with Crippen LogP contribution in [0.15, 0.2) is 43.0 Å². The van der Waals surface area contributed by atoms with Crippen LogP contribution in [0.1, 0.15) is 10.5 Å². The number of hydrogen-bond donors (Lipinski definition) is 2. The van der Waals surface area contributed by atoms with Crippen molar-refractivity contribution in [1.82, 2.24) is 19.9 Å². The first-order valence-corrected chi connectivity index (χ1v) is 6.62. The second-order valence-electron chi connectivity index (χ2n) is 4.47. The number of amides is 1. The number of hydrogen-bond acceptors (Lipinski definition) is 2. The number of H-pyrrole nitrogens is 1. The van der Waals surface area contributed by atoms with E-state index in [0.29, 0.717) is 23.8 Å². The van der Waals surface area contributed by atoms with Crippen molar-refractivity contribution < 1.29 is 4.79 Å². The number of benzene rings is 1. The summed E-state index contributed by atoms with van der Waals surface area (Å²) in [4.78, 5) is 19.1. The molecule has 0 aliphatic rings. The van der Waals surface area contributed by atoms with Crippen LogP contribution in [0.5, 0.6) is 0 Å². The lowest BCUT2D eigenvalue weighted by atomic mass is 10.2. The molecule has 0 radical (unpaired) electrons. The number of fused-ring (bicyclic) bond motifs is 1. The van der Waals surface area contributed by atoms with Crippen LogP contribution in [0.4, 0.5) is 0 Å². The van der Waals surface area contributed by atoms with Crippen molar-refractivity contribution in [3.8, 4) is 0 Å². The van der Waals surface area contributed by atoms with Gasteiger partial charge in [0.2, 0.25) is 0 Å². The van der Waals surface area contributed by atoms with Crippen molar-refractivity contribution >= 4 is 28.4 Å². The van der Waals surface area contributed by atoms with E-state index >= 15 is 0 Å². The maximum Gasteiger partial charge on any atom is 0.267 e. The van der Waals surface area contributed by atoms with Crippen molar-refractivity contribution in [1.29, 1.82) is 0 Å². The van der Waals surface area contributed by atoms with Gasteiger partial charge in [-0.05, 0) is 24.3 Å². The van der Waals surface area contributed by atoms with E-state index in [0.717, 1.165) is 10.9 Å². The van der Waals surface area contributed by atoms with E-state index < -0.39 is 0 Å². The second-order valence-corrected chi connectivity index (χ2v) is 4.91. The van der Waals surface area contributed by atoms with Crippen LogP contribution in [0, 0.1) is 0 Å². The van der Waals surface area contributed by atoms with Crippen LogP contribution in [-0.2, 0) is 6.54 Å². The summed E-state index contributed by atoms with van der Waals surface area (Å²) in [6.07, 6.45) is 5.29. The third kappa shape index (κ3) is 2.67. The molecular formula is C14H13ClN4O. The second kappa shape index (κ2) is 5.38. The van der Waals surface area contributed by atoms with E-state index in [1.54, 1.807) is 24.7 Å². The average molecular weight is 289 g/mol. The first-order chi connectivity index (χ1) is 9.72. The molecule has 0 unspecified atom stereocenters. The normalized spacial score (nSPS) is 10.8. The molecule has 5 nitrogen and oxygen atoms in total. The Bertz CT molecular complexity index is 733. The summed E-state index contributed by atoms with van der Waals surface area (Å²) in [5.74, 6) is -0.127. The number of halogens is 1. The molecule has 3 rings (SSSR count). The third-order valence-electron chi connectivity index (χ3n) is 3.04. The highest BCUT2D eigenvalue weighted by Gasteiger charge is 2.09. The summed E-state index contributed by atoms with van der Waals surface area (Å²) < 4.78 is 1.91. The molecule has 0 saturated carbocycles. The lowest BCUT2D eigenvalue weighted by Gasteiger charge is -2.04. The van der Waals surface area contributed by atoms with Gasteiger partial charge >= 0.3 is 0 Å². The molecular weight excluding hydrogens is 276 g/mol. The van der Waals surface area contributed by atoms with Crippen LogP contribution >= 0.6 is 11.6 Å². The van der Waals surface area contributed by atoms with Crippen LogP contribution in [0.3, 0.4) is 0 Å². The quantitative estimate of drug-likeness (QED) is 0.774. The van der Waals surface area contributed by atoms with Gasteiger partial charge in [0.25, 0.3) is 5.91 Å². The number of imidazole rings is 1. The summed E-state index contributed by atoms with van der Waals surface area (Å²) >= 11 is 5.93. The van der Waals surface area contributed by atoms with Crippen molar-refractivity contribution in [3.05, 3.63) is 53.7 Å². The van der Waals surface area contributed by atoms with E-state index in [1.807, 2.05) is 22.9 Å². The largest absolute Gasteiger partial charge is 0.351 e. The number of carbonyl (C=O) groups excluding carboxylic acids is 1. The number of aromatic nitrogens is 3. The van der Waals surface area contributed by atoms with Gasteiger partial charge in [0.1, 0.15) is 5.69 Å². The smallest absolute Gasteiger partial charge is 0.267 e. The molecule has 0 atom stereocenters. The molecule has 6 heteroatoms. The summed E-state index contributed by atoms with van der Waals surface area (Å²) in [6.45, 7) is 1.24. The van der Waals surface area contributed by atoms with E-state index in [-0.39, 0.29) is 5.91 Å². The first kappa shape index (κ1) is 12.7. The fourth-order valence-corrected chi connectivity index (χ4v) is 2.22. The Morgan fingerprint density at radius 1 is 1.40 bits per heavy atom. The molecule has 2 N–H and O–H groups in total. The molecule has 2 aromatic heterocycles. The topological polar surface area (TPSA) is 62.7 Å². The van der Waals surface area contributed by atoms with Crippen LogP contribution in [0.25, 0.3) is 10.9 Å². The number of nitrogens with one attached hydrogen (secondary N) is 2. The van der Waals surface area contributed by atoms with Crippen molar-refractivity contribution in [2.75, 3.05) is 6.54 Å². The molecule has 0 aliphatic carbocycles. The summed E-state index contributed by atoms with van der Waals surface area (Å²) in [5, 5.41) is 4.45. The van der Waals surface area contributed by atoms with Crippen molar-refractivity contribution in [3.63, 3.8) is 0 Å². The third-order valence-corrected chi connectivity index (χ3v) is 3.28. The summed E-state index contributed by atoms with van der Waals surface area (Å²) in [6, 6.07) is 7.28. The molecule has 102 valence electrons. The highest BCUT2D eigenvalue weighted by atomic mass is 35.5. The molecule has 0 bridgehead atoms. The van der Waals surface area contributed by atoms with Gasteiger partial charge in [-0.2, -0.15) is 0 Å². The first-order valence-electron chi connectivity index (χ1n) is 6.24. The summed E-state index contributed by atoms with van der Waals surface area (Å²) in [5.41, 5.74) is 1.43. The predicted molar refractivity (Wildman–Crippen MR) is 77.9 cm³/mol. The molecule has 0 saturated heterocycles. The maximum atomic E-state index is 12.0. The Balaban J connectivity index is 1.66. The Hall–Kier alpha value is -2.27. The van der Waals surface area contributed by atoms with Crippen molar-refractivity contribution in [2.45, 2.75) is 6.54 Å². The van der Waals surface area contributed by atoms with Gasteiger partial charge < -0.3 is 14.9 Å². The van der Waals surface area contributed by atoms with Gasteiger partial charge in [-0.1, -0.05) is 11.6 Å². The Morgan fingerprint density at radius 3 is 3.10 bits per heavy atom. The minimum atomic E-state index is -0.127. The van der Waals surface area contributed by atoms with E-state index in [2.05, 4.69) is 15.3 Å². The Morgan fingerprint density at radius 2 is 2.30 bits per heavy atom. The number of carbonyl (C=O) groups is 1. The van der Waals surface area contributed by atoms with E-state index in [4.69, 9.17) is 11.6 Å². The highest BCUT2D eigenvalue weighted by molar-refractivity contribution is 6.31.